The first-order valence-electron chi connectivity index (χ1n) is 5.12. The van der Waals surface area contributed by atoms with E-state index in [0.29, 0.717) is 5.92 Å². The summed E-state index contributed by atoms with van der Waals surface area (Å²) in [4.78, 5) is 11.6. The Balaban J connectivity index is 2.38. The standard InChI is InChI=1S/C10H20N2O/c1-8(2)7-12-9(13)10(11)5-3-4-6-10/h8H,3-7,11H2,1-2H3,(H,12,13). The van der Waals surface area contributed by atoms with E-state index in [2.05, 4.69) is 19.2 Å². The fourth-order valence-corrected chi connectivity index (χ4v) is 1.71. The number of nitrogens with two attached hydrogens (primary N) is 1. The fraction of sp³-hybridized carbons (Fsp3) is 0.900. The van der Waals surface area contributed by atoms with Gasteiger partial charge in [0, 0.05) is 6.54 Å². The van der Waals surface area contributed by atoms with Crippen molar-refractivity contribution in [1.82, 2.24) is 5.32 Å². The minimum absolute atomic E-state index is 0.0405. The Bertz CT molecular complexity index is 183. The van der Waals surface area contributed by atoms with Crippen LogP contribution in [0.5, 0.6) is 0 Å². The maximum absolute atomic E-state index is 11.6. The Morgan fingerprint density at radius 2 is 2.00 bits per heavy atom. The molecule has 0 radical (unpaired) electrons. The molecule has 0 atom stereocenters. The van der Waals surface area contributed by atoms with Crippen LogP contribution in [0.2, 0.25) is 0 Å². The van der Waals surface area contributed by atoms with Crippen molar-refractivity contribution >= 4 is 5.91 Å². The molecule has 13 heavy (non-hydrogen) atoms. The van der Waals surface area contributed by atoms with Gasteiger partial charge in [-0.25, -0.2) is 0 Å². The number of nitrogens with one attached hydrogen (secondary N) is 1. The molecule has 1 aliphatic carbocycles. The summed E-state index contributed by atoms with van der Waals surface area (Å²) in [5.74, 6) is 0.535. The summed E-state index contributed by atoms with van der Waals surface area (Å²) >= 11 is 0. The summed E-state index contributed by atoms with van der Waals surface area (Å²) in [6.45, 7) is 4.90. The molecule has 0 aliphatic heterocycles. The maximum atomic E-state index is 11.6. The van der Waals surface area contributed by atoms with Gasteiger partial charge in [0.05, 0.1) is 5.54 Å². The smallest absolute Gasteiger partial charge is 0.240 e. The van der Waals surface area contributed by atoms with E-state index in [0.717, 1.165) is 32.2 Å². The number of hydrogen-bond acceptors (Lipinski definition) is 2. The lowest BCUT2D eigenvalue weighted by molar-refractivity contribution is -0.126. The predicted molar refractivity (Wildman–Crippen MR) is 53.2 cm³/mol. The van der Waals surface area contributed by atoms with E-state index in [9.17, 15) is 4.79 Å². The molecule has 1 amide bonds. The van der Waals surface area contributed by atoms with E-state index < -0.39 is 5.54 Å². The van der Waals surface area contributed by atoms with Crippen molar-refractivity contribution < 1.29 is 4.79 Å². The molecular formula is C10H20N2O. The second kappa shape index (κ2) is 4.09. The Labute approximate surface area is 80.1 Å². The molecule has 0 aromatic carbocycles. The van der Waals surface area contributed by atoms with Gasteiger partial charge in [0.15, 0.2) is 0 Å². The first-order chi connectivity index (χ1) is 6.04. The highest BCUT2D eigenvalue weighted by atomic mass is 16.2. The highest BCUT2D eigenvalue weighted by Gasteiger charge is 2.36. The average Bonchev–Trinajstić information content (AvgIpc) is 2.49. The fourth-order valence-electron chi connectivity index (χ4n) is 1.71. The highest BCUT2D eigenvalue weighted by molar-refractivity contribution is 5.86. The summed E-state index contributed by atoms with van der Waals surface area (Å²) in [5, 5.41) is 2.90. The number of carbonyl (C=O) groups is 1. The zero-order chi connectivity index (χ0) is 9.90. The zero-order valence-electron chi connectivity index (χ0n) is 8.60. The van der Waals surface area contributed by atoms with Crippen LogP contribution in [-0.2, 0) is 4.79 Å². The Morgan fingerprint density at radius 3 is 2.46 bits per heavy atom. The predicted octanol–water partition coefficient (Wildman–Crippen LogP) is 1.03. The molecule has 0 heterocycles. The van der Waals surface area contributed by atoms with E-state index in [1.165, 1.54) is 0 Å². The molecule has 0 saturated heterocycles. The summed E-state index contributed by atoms with van der Waals surface area (Å²) in [7, 11) is 0. The van der Waals surface area contributed by atoms with Crippen molar-refractivity contribution in [2.24, 2.45) is 11.7 Å². The molecule has 3 N–H and O–H groups in total. The number of rotatable bonds is 3. The van der Waals surface area contributed by atoms with Crippen molar-refractivity contribution in [2.75, 3.05) is 6.54 Å². The molecule has 0 spiro atoms. The third-order valence-electron chi connectivity index (χ3n) is 2.62. The lowest BCUT2D eigenvalue weighted by Gasteiger charge is -2.22. The van der Waals surface area contributed by atoms with E-state index in [1.807, 2.05) is 0 Å². The summed E-state index contributed by atoms with van der Waals surface area (Å²) in [6.07, 6.45) is 3.87. The SMILES string of the molecule is CC(C)CNC(=O)C1(N)CCCC1. The monoisotopic (exact) mass is 184 g/mol. The molecular weight excluding hydrogens is 164 g/mol. The van der Waals surface area contributed by atoms with E-state index in [1.54, 1.807) is 0 Å². The molecule has 1 saturated carbocycles. The third kappa shape index (κ3) is 2.69. The first kappa shape index (κ1) is 10.5. The van der Waals surface area contributed by atoms with Crippen LogP contribution in [0, 0.1) is 5.92 Å². The van der Waals surface area contributed by atoms with Gasteiger partial charge < -0.3 is 11.1 Å². The molecule has 0 unspecified atom stereocenters. The molecule has 76 valence electrons. The van der Waals surface area contributed by atoms with Gasteiger partial charge in [-0.3, -0.25) is 4.79 Å². The van der Waals surface area contributed by atoms with Crippen LogP contribution in [0.1, 0.15) is 39.5 Å². The van der Waals surface area contributed by atoms with Crippen LogP contribution in [0.25, 0.3) is 0 Å². The molecule has 3 nitrogen and oxygen atoms in total. The summed E-state index contributed by atoms with van der Waals surface area (Å²) in [6, 6.07) is 0. The average molecular weight is 184 g/mol. The molecule has 1 fully saturated rings. The van der Waals surface area contributed by atoms with Gasteiger partial charge in [-0.1, -0.05) is 26.7 Å². The Morgan fingerprint density at radius 1 is 1.46 bits per heavy atom. The van der Waals surface area contributed by atoms with Gasteiger partial charge in [0.25, 0.3) is 0 Å². The third-order valence-corrected chi connectivity index (χ3v) is 2.62. The molecule has 1 rings (SSSR count). The summed E-state index contributed by atoms with van der Waals surface area (Å²) < 4.78 is 0. The van der Waals surface area contributed by atoms with E-state index >= 15 is 0 Å². The van der Waals surface area contributed by atoms with Crippen LogP contribution in [0.15, 0.2) is 0 Å². The molecule has 0 bridgehead atoms. The van der Waals surface area contributed by atoms with Crippen LogP contribution in [0.4, 0.5) is 0 Å². The second-order valence-corrected chi connectivity index (χ2v) is 4.47. The lowest BCUT2D eigenvalue weighted by atomic mass is 9.98. The van der Waals surface area contributed by atoms with Gasteiger partial charge in [-0.15, -0.1) is 0 Å². The van der Waals surface area contributed by atoms with Crippen molar-refractivity contribution in [3.05, 3.63) is 0 Å². The van der Waals surface area contributed by atoms with E-state index in [-0.39, 0.29) is 5.91 Å². The number of amides is 1. The van der Waals surface area contributed by atoms with Crippen LogP contribution >= 0.6 is 0 Å². The van der Waals surface area contributed by atoms with Crippen molar-refractivity contribution in [2.45, 2.75) is 45.1 Å². The van der Waals surface area contributed by atoms with Gasteiger partial charge in [-0.2, -0.15) is 0 Å². The van der Waals surface area contributed by atoms with Gasteiger partial charge in [-0.05, 0) is 18.8 Å². The van der Waals surface area contributed by atoms with Gasteiger partial charge in [0.1, 0.15) is 0 Å². The highest BCUT2D eigenvalue weighted by Crippen LogP contribution is 2.27. The molecule has 3 heteroatoms. The van der Waals surface area contributed by atoms with Crippen molar-refractivity contribution in [3.8, 4) is 0 Å². The minimum Gasteiger partial charge on any atom is -0.354 e. The number of carbonyl (C=O) groups excluding carboxylic acids is 1. The van der Waals surface area contributed by atoms with Gasteiger partial charge >= 0.3 is 0 Å². The summed E-state index contributed by atoms with van der Waals surface area (Å²) in [5.41, 5.74) is 5.42. The second-order valence-electron chi connectivity index (χ2n) is 4.47. The molecule has 0 aromatic rings. The zero-order valence-corrected chi connectivity index (χ0v) is 8.60. The van der Waals surface area contributed by atoms with Crippen LogP contribution < -0.4 is 11.1 Å². The topological polar surface area (TPSA) is 55.1 Å². The quantitative estimate of drug-likeness (QED) is 0.688. The molecule has 1 aliphatic rings. The first-order valence-corrected chi connectivity index (χ1v) is 5.12. The van der Waals surface area contributed by atoms with Crippen LogP contribution in [0.3, 0.4) is 0 Å². The van der Waals surface area contributed by atoms with Crippen LogP contribution in [-0.4, -0.2) is 18.0 Å². The largest absolute Gasteiger partial charge is 0.354 e. The minimum atomic E-state index is -0.561. The van der Waals surface area contributed by atoms with E-state index in [4.69, 9.17) is 5.73 Å². The van der Waals surface area contributed by atoms with Crippen molar-refractivity contribution in [3.63, 3.8) is 0 Å². The lowest BCUT2D eigenvalue weighted by Crippen LogP contribution is -2.52. The van der Waals surface area contributed by atoms with Gasteiger partial charge in [0.2, 0.25) is 5.91 Å². The Kier molecular flexibility index (Phi) is 3.31. The maximum Gasteiger partial charge on any atom is 0.240 e. The normalized spacial score (nSPS) is 20.6. The molecule has 0 aromatic heterocycles. The number of hydrogen-bond donors (Lipinski definition) is 2. The van der Waals surface area contributed by atoms with Crippen molar-refractivity contribution in [1.29, 1.82) is 0 Å². The Hall–Kier alpha value is -0.570.